The average Bonchev–Trinajstić information content (AvgIpc) is 2.73. The van der Waals surface area contributed by atoms with Crippen molar-refractivity contribution in [2.75, 3.05) is 31.1 Å². The molecule has 0 aromatic carbocycles. The number of aromatic nitrogens is 2. The number of carbonyl (C=O) groups is 1. The Morgan fingerprint density at radius 1 is 1.34 bits per heavy atom. The number of nitrogens with zero attached hydrogens (tertiary/aromatic N) is 5. The fourth-order valence-corrected chi connectivity index (χ4v) is 3.58. The molecule has 0 spiro atoms. The Labute approximate surface area is 183 Å². The number of anilines is 1. The number of carbonyl (C=O) groups excluding carboxylic acids is 1. The summed E-state index contributed by atoms with van der Waals surface area (Å²) in [5.41, 5.74) is 0.580. The molecule has 2 aromatic rings. The molecule has 9 nitrogen and oxygen atoms in total. The molecule has 1 saturated heterocycles. The van der Waals surface area contributed by atoms with Gasteiger partial charge in [0.2, 0.25) is 0 Å². The summed E-state index contributed by atoms with van der Waals surface area (Å²) in [5, 5.41) is 9.23. The molecule has 1 unspecified atom stereocenters. The van der Waals surface area contributed by atoms with Gasteiger partial charge in [-0.15, -0.1) is 0 Å². The van der Waals surface area contributed by atoms with E-state index >= 15 is 0 Å². The van der Waals surface area contributed by atoms with E-state index in [9.17, 15) is 23.6 Å². The molecule has 1 amide bonds. The maximum Gasteiger partial charge on any atom is 0.410 e. The molecule has 0 radical (unpaired) electrons. The van der Waals surface area contributed by atoms with Gasteiger partial charge in [0, 0.05) is 32.7 Å². The number of halogens is 2. The molecule has 2 aromatic heterocycles. The number of rotatable bonds is 4. The first-order valence-corrected chi connectivity index (χ1v) is 10.1. The van der Waals surface area contributed by atoms with Crippen LogP contribution in [-0.2, 0) is 16.5 Å². The lowest BCUT2D eigenvalue weighted by Crippen LogP contribution is -2.58. The SMILES string of the molecule is Cn1c(=O)cc(N2CCN(C(=O)OC(C)(C)C)C(COC(F)F)C2)c2nc(C#N)ccc21. The lowest BCUT2D eigenvalue weighted by Gasteiger charge is -2.42. The van der Waals surface area contributed by atoms with Crippen LogP contribution < -0.4 is 10.5 Å². The van der Waals surface area contributed by atoms with Crippen molar-refractivity contribution in [3.8, 4) is 6.07 Å². The van der Waals surface area contributed by atoms with Gasteiger partial charge in [0.1, 0.15) is 22.9 Å². The highest BCUT2D eigenvalue weighted by molar-refractivity contribution is 5.88. The normalized spacial score (nSPS) is 17.0. The van der Waals surface area contributed by atoms with E-state index in [1.807, 2.05) is 6.07 Å². The van der Waals surface area contributed by atoms with Gasteiger partial charge in [-0.1, -0.05) is 0 Å². The van der Waals surface area contributed by atoms with Crippen molar-refractivity contribution < 1.29 is 23.0 Å². The Kier molecular flexibility index (Phi) is 6.64. The first-order valence-electron chi connectivity index (χ1n) is 10.1. The van der Waals surface area contributed by atoms with Gasteiger partial charge in [-0.3, -0.25) is 9.69 Å². The van der Waals surface area contributed by atoms with E-state index in [2.05, 4.69) is 9.72 Å². The predicted octanol–water partition coefficient (Wildman–Crippen LogP) is 2.47. The molecule has 0 N–H and O–H groups in total. The third-order valence-electron chi connectivity index (χ3n) is 5.05. The number of nitriles is 1. The summed E-state index contributed by atoms with van der Waals surface area (Å²) >= 11 is 0. The number of hydrogen-bond acceptors (Lipinski definition) is 7. The molecule has 1 atom stereocenters. The largest absolute Gasteiger partial charge is 0.444 e. The number of hydrogen-bond donors (Lipinski definition) is 0. The molecule has 1 fully saturated rings. The fraction of sp³-hybridized carbons (Fsp3) is 0.524. The first kappa shape index (κ1) is 23.4. The summed E-state index contributed by atoms with van der Waals surface area (Å²) < 4.78 is 36.8. The number of fused-ring (bicyclic) bond motifs is 1. The van der Waals surface area contributed by atoms with E-state index in [0.717, 1.165) is 0 Å². The minimum absolute atomic E-state index is 0.118. The van der Waals surface area contributed by atoms with Crippen molar-refractivity contribution in [3.05, 3.63) is 34.2 Å². The first-order chi connectivity index (χ1) is 15.0. The number of amides is 1. The molecule has 0 saturated carbocycles. The van der Waals surface area contributed by atoms with Gasteiger partial charge in [-0.05, 0) is 32.9 Å². The van der Waals surface area contributed by atoms with Crippen LogP contribution >= 0.6 is 0 Å². The van der Waals surface area contributed by atoms with Gasteiger partial charge in [0.15, 0.2) is 0 Å². The van der Waals surface area contributed by atoms with Crippen LogP contribution in [0.3, 0.4) is 0 Å². The second-order valence-corrected chi connectivity index (χ2v) is 8.47. The van der Waals surface area contributed by atoms with Crippen molar-refractivity contribution in [1.82, 2.24) is 14.5 Å². The lowest BCUT2D eigenvalue weighted by molar-refractivity contribution is -0.141. The van der Waals surface area contributed by atoms with E-state index in [1.54, 1.807) is 38.8 Å². The van der Waals surface area contributed by atoms with E-state index in [-0.39, 0.29) is 24.3 Å². The van der Waals surface area contributed by atoms with Crippen molar-refractivity contribution in [2.24, 2.45) is 7.05 Å². The lowest BCUT2D eigenvalue weighted by atomic mass is 10.1. The number of alkyl halides is 2. The van der Waals surface area contributed by atoms with Gasteiger partial charge < -0.3 is 18.9 Å². The maximum absolute atomic E-state index is 12.7. The smallest absolute Gasteiger partial charge is 0.410 e. The van der Waals surface area contributed by atoms with E-state index < -0.39 is 31.0 Å². The summed E-state index contributed by atoms with van der Waals surface area (Å²) in [4.78, 5) is 32.7. The van der Waals surface area contributed by atoms with E-state index in [0.29, 0.717) is 23.3 Å². The predicted molar refractivity (Wildman–Crippen MR) is 113 cm³/mol. The van der Waals surface area contributed by atoms with Gasteiger partial charge >= 0.3 is 12.7 Å². The molecule has 3 rings (SSSR count). The average molecular weight is 449 g/mol. The van der Waals surface area contributed by atoms with Crippen molar-refractivity contribution >= 4 is 22.8 Å². The molecule has 3 heterocycles. The molecule has 1 aliphatic heterocycles. The van der Waals surface area contributed by atoms with Crippen LogP contribution in [0.2, 0.25) is 0 Å². The second kappa shape index (κ2) is 9.08. The van der Waals surface area contributed by atoms with Crippen molar-refractivity contribution in [2.45, 2.75) is 39.0 Å². The Balaban J connectivity index is 1.97. The third-order valence-corrected chi connectivity index (χ3v) is 5.05. The Hall–Kier alpha value is -3.26. The molecule has 1 aliphatic rings. The standard InChI is InChI=1S/C21H25F2N5O4/c1-21(2,3)32-20(30)28-8-7-27(11-14(28)12-31-19(22)23)16-9-17(29)26(4)15-6-5-13(10-24)25-18(15)16/h5-6,9,14,19H,7-8,11-12H2,1-4H3. The van der Waals surface area contributed by atoms with Crippen molar-refractivity contribution in [1.29, 1.82) is 5.26 Å². The van der Waals surface area contributed by atoms with E-state index in [1.165, 1.54) is 21.6 Å². The Bertz CT molecular complexity index is 1110. The molecule has 0 bridgehead atoms. The fourth-order valence-electron chi connectivity index (χ4n) is 3.58. The maximum atomic E-state index is 12.7. The van der Waals surface area contributed by atoms with E-state index in [4.69, 9.17) is 4.74 Å². The highest BCUT2D eigenvalue weighted by atomic mass is 19.3. The number of aryl methyl sites for hydroxylation is 1. The highest BCUT2D eigenvalue weighted by Crippen LogP contribution is 2.27. The summed E-state index contributed by atoms with van der Waals surface area (Å²) in [6.45, 7) is 2.35. The molecular weight excluding hydrogens is 424 g/mol. The van der Waals surface area contributed by atoms with Crippen LogP contribution in [0.15, 0.2) is 23.0 Å². The monoisotopic (exact) mass is 449 g/mol. The number of piperazine rings is 1. The summed E-state index contributed by atoms with van der Waals surface area (Å²) in [7, 11) is 1.60. The van der Waals surface area contributed by atoms with Gasteiger partial charge in [0.25, 0.3) is 5.56 Å². The molecule has 172 valence electrons. The van der Waals surface area contributed by atoms with Crippen LogP contribution in [0.1, 0.15) is 26.5 Å². The van der Waals surface area contributed by atoms with Crippen LogP contribution in [0.5, 0.6) is 0 Å². The molecular formula is C21H25F2N5O4. The van der Waals surface area contributed by atoms with Crippen LogP contribution in [0, 0.1) is 11.3 Å². The van der Waals surface area contributed by atoms with Gasteiger partial charge in [-0.2, -0.15) is 14.0 Å². The topological polar surface area (TPSA) is 101 Å². The Morgan fingerprint density at radius 2 is 2.06 bits per heavy atom. The number of ether oxygens (including phenoxy) is 2. The Morgan fingerprint density at radius 3 is 2.69 bits per heavy atom. The summed E-state index contributed by atoms with van der Waals surface area (Å²) in [5.74, 6) is 0. The zero-order valence-corrected chi connectivity index (χ0v) is 18.3. The second-order valence-electron chi connectivity index (χ2n) is 8.47. The third kappa shape index (κ3) is 5.13. The minimum Gasteiger partial charge on any atom is -0.444 e. The zero-order chi connectivity index (χ0) is 23.6. The van der Waals surface area contributed by atoms with Gasteiger partial charge in [-0.25, -0.2) is 9.78 Å². The van der Waals surface area contributed by atoms with Crippen LogP contribution in [-0.4, -0.2) is 65.0 Å². The molecule has 0 aliphatic carbocycles. The molecule has 32 heavy (non-hydrogen) atoms. The highest BCUT2D eigenvalue weighted by Gasteiger charge is 2.35. The van der Waals surface area contributed by atoms with Crippen molar-refractivity contribution in [3.63, 3.8) is 0 Å². The molecule has 11 heteroatoms. The summed E-state index contributed by atoms with van der Waals surface area (Å²) in [6.07, 6.45) is -0.626. The quantitative estimate of drug-likeness (QED) is 0.707. The zero-order valence-electron chi connectivity index (χ0n) is 18.3. The number of pyridine rings is 2. The minimum atomic E-state index is -2.99. The van der Waals surface area contributed by atoms with Crippen LogP contribution in [0.25, 0.3) is 11.0 Å². The van der Waals surface area contributed by atoms with Crippen LogP contribution in [0.4, 0.5) is 19.3 Å². The van der Waals surface area contributed by atoms with Gasteiger partial charge in [0.05, 0.1) is 23.9 Å². The summed E-state index contributed by atoms with van der Waals surface area (Å²) in [6, 6.07) is 5.79.